The number of carbonyl (C=O) groups is 2. The third-order valence-corrected chi connectivity index (χ3v) is 3.80. The minimum Gasteiger partial charge on any atom is -0.459 e. The van der Waals surface area contributed by atoms with Gasteiger partial charge in [0.25, 0.3) is 0 Å². The molecule has 1 atom stereocenters. The van der Waals surface area contributed by atoms with E-state index < -0.39 is 27.8 Å². The lowest BCUT2D eigenvalue weighted by Gasteiger charge is -2.09. The minimum atomic E-state index is -3.05. The molecule has 1 aliphatic heterocycles. The Bertz CT molecular complexity index is 361. The van der Waals surface area contributed by atoms with Crippen molar-refractivity contribution in [3.05, 3.63) is 0 Å². The highest BCUT2D eigenvalue weighted by Crippen LogP contribution is 2.10. The van der Waals surface area contributed by atoms with Crippen LogP contribution in [0.25, 0.3) is 0 Å². The topological polar surface area (TPSA) is 89.5 Å². The second-order valence-corrected chi connectivity index (χ2v) is 5.52. The second-order valence-electron chi connectivity index (χ2n) is 3.29. The lowest BCUT2D eigenvalue weighted by Crippen LogP contribution is -2.40. The third kappa shape index (κ3) is 3.50. The van der Waals surface area contributed by atoms with Crippen molar-refractivity contribution in [2.75, 3.05) is 18.1 Å². The van der Waals surface area contributed by atoms with Crippen LogP contribution in [0.3, 0.4) is 0 Å². The lowest BCUT2D eigenvalue weighted by molar-refractivity contribution is -0.154. The van der Waals surface area contributed by atoms with E-state index in [2.05, 4.69) is 10.1 Å². The predicted octanol–water partition coefficient (Wildman–Crippen LogP) is -1.15. The molecule has 1 rings (SSSR count). The Labute approximate surface area is 87.9 Å². The summed E-state index contributed by atoms with van der Waals surface area (Å²) in [6.07, 6.45) is 0.355. The average molecular weight is 235 g/mol. The fourth-order valence-electron chi connectivity index (χ4n) is 1.35. The summed E-state index contributed by atoms with van der Waals surface area (Å²) in [4.78, 5) is 22.0. The van der Waals surface area contributed by atoms with Crippen molar-refractivity contribution in [1.29, 1.82) is 0 Å². The third-order valence-electron chi connectivity index (χ3n) is 2.03. The molecule has 1 amide bonds. The number of rotatable bonds is 2. The van der Waals surface area contributed by atoms with Crippen LogP contribution in [0.5, 0.6) is 0 Å². The summed E-state index contributed by atoms with van der Waals surface area (Å²) < 4.78 is 26.6. The van der Waals surface area contributed by atoms with Crippen LogP contribution in [0.2, 0.25) is 0 Å². The van der Waals surface area contributed by atoms with Crippen molar-refractivity contribution in [3.8, 4) is 0 Å². The molecule has 15 heavy (non-hydrogen) atoms. The van der Waals surface area contributed by atoms with Crippen LogP contribution in [0.15, 0.2) is 0 Å². The van der Waals surface area contributed by atoms with E-state index in [1.807, 2.05) is 0 Å². The highest BCUT2D eigenvalue weighted by Gasteiger charge is 2.30. The van der Waals surface area contributed by atoms with Crippen molar-refractivity contribution in [2.24, 2.45) is 0 Å². The highest BCUT2D eigenvalue weighted by molar-refractivity contribution is 7.91. The van der Waals surface area contributed by atoms with Gasteiger partial charge in [0.05, 0.1) is 18.1 Å². The lowest BCUT2D eigenvalue weighted by atomic mass is 10.2. The Morgan fingerprint density at radius 3 is 2.60 bits per heavy atom. The first-order valence-electron chi connectivity index (χ1n) is 4.62. The summed E-state index contributed by atoms with van der Waals surface area (Å²) in [7, 11) is -3.05. The first kappa shape index (κ1) is 12.0. The second kappa shape index (κ2) is 4.61. The molecule has 0 saturated carbocycles. The standard InChI is InChI=1S/C8H13NO5S/c1-2-14-8(11)7(10)9-6-3-4-15(12,13)5-6/h6H,2-5H2,1H3,(H,9,10). The number of sulfone groups is 1. The zero-order valence-electron chi connectivity index (χ0n) is 8.36. The van der Waals surface area contributed by atoms with E-state index in [9.17, 15) is 18.0 Å². The molecule has 0 aromatic heterocycles. The zero-order valence-corrected chi connectivity index (χ0v) is 9.17. The van der Waals surface area contributed by atoms with E-state index in [1.165, 1.54) is 0 Å². The van der Waals surface area contributed by atoms with Crippen molar-refractivity contribution in [1.82, 2.24) is 5.32 Å². The molecule has 1 heterocycles. The molecular weight excluding hydrogens is 222 g/mol. The molecule has 1 aliphatic rings. The largest absolute Gasteiger partial charge is 0.459 e. The number of ether oxygens (including phenoxy) is 1. The van der Waals surface area contributed by atoms with Gasteiger partial charge in [0.15, 0.2) is 9.84 Å². The van der Waals surface area contributed by atoms with E-state index in [1.54, 1.807) is 6.92 Å². The van der Waals surface area contributed by atoms with Gasteiger partial charge in [0, 0.05) is 6.04 Å². The van der Waals surface area contributed by atoms with Crippen LogP contribution in [-0.2, 0) is 24.2 Å². The first-order chi connectivity index (χ1) is 6.94. The maximum absolute atomic E-state index is 11.1. The normalized spacial score (nSPS) is 23.4. The summed E-state index contributed by atoms with van der Waals surface area (Å²) in [6, 6.07) is -0.466. The highest BCUT2D eigenvalue weighted by atomic mass is 32.2. The Balaban J connectivity index is 2.43. The maximum atomic E-state index is 11.1. The Morgan fingerprint density at radius 1 is 1.47 bits per heavy atom. The summed E-state index contributed by atoms with van der Waals surface area (Å²) in [5.41, 5.74) is 0. The van der Waals surface area contributed by atoms with E-state index >= 15 is 0 Å². The van der Waals surface area contributed by atoms with E-state index in [-0.39, 0.29) is 18.1 Å². The molecule has 7 heteroatoms. The Kier molecular flexibility index (Phi) is 3.67. The molecule has 0 bridgehead atoms. The molecule has 1 unspecified atom stereocenters. The van der Waals surface area contributed by atoms with Gasteiger partial charge in [-0.1, -0.05) is 0 Å². The van der Waals surface area contributed by atoms with Gasteiger partial charge in [-0.2, -0.15) is 0 Å². The summed E-state index contributed by atoms with van der Waals surface area (Å²) >= 11 is 0. The van der Waals surface area contributed by atoms with Gasteiger partial charge in [0.1, 0.15) is 0 Å². The number of carbonyl (C=O) groups excluding carboxylic acids is 2. The molecule has 1 N–H and O–H groups in total. The number of hydrogen-bond donors (Lipinski definition) is 1. The van der Waals surface area contributed by atoms with E-state index in [0.717, 1.165) is 0 Å². The quantitative estimate of drug-likeness (QED) is 0.482. The molecule has 1 fully saturated rings. The van der Waals surface area contributed by atoms with Gasteiger partial charge < -0.3 is 10.1 Å². The molecule has 0 radical (unpaired) electrons. The van der Waals surface area contributed by atoms with Gasteiger partial charge in [-0.05, 0) is 13.3 Å². The van der Waals surface area contributed by atoms with Crippen molar-refractivity contribution < 1.29 is 22.7 Å². The number of nitrogens with one attached hydrogen (secondary N) is 1. The number of amides is 1. The van der Waals surface area contributed by atoms with Gasteiger partial charge in [-0.3, -0.25) is 4.79 Å². The molecule has 6 nitrogen and oxygen atoms in total. The molecular formula is C8H13NO5S. The molecule has 0 spiro atoms. The summed E-state index contributed by atoms with van der Waals surface area (Å²) in [6.45, 7) is 1.71. The van der Waals surface area contributed by atoms with Crippen LogP contribution >= 0.6 is 0 Å². The predicted molar refractivity (Wildman–Crippen MR) is 51.8 cm³/mol. The minimum absolute atomic E-state index is 0.0563. The maximum Gasteiger partial charge on any atom is 0.396 e. The molecule has 86 valence electrons. The van der Waals surface area contributed by atoms with Gasteiger partial charge >= 0.3 is 11.9 Å². The average Bonchev–Trinajstić information content (AvgIpc) is 2.46. The van der Waals surface area contributed by atoms with Gasteiger partial charge in [-0.15, -0.1) is 0 Å². The monoisotopic (exact) mass is 235 g/mol. The Hall–Kier alpha value is -1.11. The molecule has 0 aliphatic carbocycles. The summed E-state index contributed by atoms with van der Waals surface area (Å²) in [5.74, 6) is -1.89. The zero-order chi connectivity index (χ0) is 11.5. The Morgan fingerprint density at radius 2 is 2.13 bits per heavy atom. The molecule has 0 aromatic rings. The SMILES string of the molecule is CCOC(=O)C(=O)NC1CCS(=O)(=O)C1. The van der Waals surface area contributed by atoms with Crippen LogP contribution in [0, 0.1) is 0 Å². The first-order valence-corrected chi connectivity index (χ1v) is 6.45. The summed E-state index contributed by atoms with van der Waals surface area (Å²) in [5, 5.41) is 2.33. The van der Waals surface area contributed by atoms with Crippen LogP contribution < -0.4 is 5.32 Å². The number of esters is 1. The van der Waals surface area contributed by atoms with Gasteiger partial charge in [0.2, 0.25) is 0 Å². The van der Waals surface area contributed by atoms with Crippen molar-refractivity contribution in [3.63, 3.8) is 0 Å². The van der Waals surface area contributed by atoms with Crippen molar-refractivity contribution >= 4 is 21.7 Å². The molecule has 1 saturated heterocycles. The van der Waals surface area contributed by atoms with Crippen molar-refractivity contribution in [2.45, 2.75) is 19.4 Å². The van der Waals surface area contributed by atoms with E-state index in [4.69, 9.17) is 0 Å². The van der Waals surface area contributed by atoms with Gasteiger partial charge in [-0.25, -0.2) is 13.2 Å². The smallest absolute Gasteiger partial charge is 0.396 e. The fraction of sp³-hybridized carbons (Fsp3) is 0.750. The number of hydrogen-bond acceptors (Lipinski definition) is 5. The molecule has 0 aromatic carbocycles. The van der Waals surface area contributed by atoms with E-state index in [0.29, 0.717) is 6.42 Å². The fourth-order valence-corrected chi connectivity index (χ4v) is 3.02. The van der Waals surface area contributed by atoms with Crippen LogP contribution in [-0.4, -0.2) is 44.4 Å². The van der Waals surface area contributed by atoms with Crippen LogP contribution in [0.1, 0.15) is 13.3 Å². The van der Waals surface area contributed by atoms with Crippen LogP contribution in [0.4, 0.5) is 0 Å².